The zero-order valence-electron chi connectivity index (χ0n) is 10.0. The van der Waals surface area contributed by atoms with Gasteiger partial charge in [-0.1, -0.05) is 0 Å². The minimum atomic E-state index is 0.314. The van der Waals surface area contributed by atoms with Crippen molar-refractivity contribution in [1.29, 1.82) is 0 Å². The number of methoxy groups -OCH3 is 1. The second kappa shape index (κ2) is 4.97. The molecule has 0 atom stereocenters. The lowest BCUT2D eigenvalue weighted by atomic mass is 10.1. The predicted molar refractivity (Wildman–Crippen MR) is 68.1 cm³/mol. The van der Waals surface area contributed by atoms with E-state index in [0.29, 0.717) is 5.95 Å². The van der Waals surface area contributed by atoms with E-state index in [-0.39, 0.29) is 0 Å². The average molecular weight is 232 g/mol. The normalized spacial score (nSPS) is 10.7. The fraction of sp³-hybridized carbons (Fsp3) is 0.333. The summed E-state index contributed by atoms with van der Waals surface area (Å²) in [6.45, 7) is 0.850. The number of hydrogen-bond donors (Lipinski definition) is 2. The zero-order chi connectivity index (χ0) is 12.3. The van der Waals surface area contributed by atoms with Crippen molar-refractivity contribution < 1.29 is 4.74 Å². The molecular weight excluding hydrogens is 216 g/mol. The van der Waals surface area contributed by atoms with Gasteiger partial charge in [-0.3, -0.25) is 0 Å². The maximum atomic E-state index is 5.69. The fourth-order valence-corrected chi connectivity index (χ4v) is 1.75. The van der Waals surface area contributed by atoms with Gasteiger partial charge in [0.15, 0.2) is 0 Å². The summed E-state index contributed by atoms with van der Waals surface area (Å²) in [6, 6.07) is 5.71. The number of nitrogens with two attached hydrogens (primary N) is 1. The highest BCUT2D eigenvalue weighted by atomic mass is 16.5. The standard InChI is InChI=1S/C12H16N4O/c1-14-6-5-11-9-7-8(17-2)3-4-10(9)15-12(13)16-11/h3-4,7,14H,5-6H2,1-2H3,(H2,13,15,16). The Bertz CT molecular complexity index is 527. The van der Waals surface area contributed by atoms with E-state index >= 15 is 0 Å². The third kappa shape index (κ3) is 2.45. The molecule has 0 aliphatic heterocycles. The van der Waals surface area contributed by atoms with Crippen molar-refractivity contribution >= 4 is 16.9 Å². The van der Waals surface area contributed by atoms with Crippen molar-refractivity contribution in [1.82, 2.24) is 15.3 Å². The molecule has 17 heavy (non-hydrogen) atoms. The maximum Gasteiger partial charge on any atom is 0.220 e. The first kappa shape index (κ1) is 11.6. The number of nitrogen functional groups attached to an aromatic ring is 1. The summed E-state index contributed by atoms with van der Waals surface area (Å²) in [7, 11) is 3.56. The minimum Gasteiger partial charge on any atom is -0.497 e. The van der Waals surface area contributed by atoms with Gasteiger partial charge in [0.1, 0.15) is 5.75 Å². The van der Waals surface area contributed by atoms with E-state index in [9.17, 15) is 0 Å². The zero-order valence-corrected chi connectivity index (χ0v) is 10.0. The Balaban J connectivity index is 2.53. The minimum absolute atomic E-state index is 0.314. The van der Waals surface area contributed by atoms with E-state index in [1.807, 2.05) is 25.2 Å². The topological polar surface area (TPSA) is 73.1 Å². The first-order valence-corrected chi connectivity index (χ1v) is 5.49. The molecule has 5 heteroatoms. The molecule has 2 rings (SSSR count). The molecule has 0 unspecified atom stereocenters. The van der Waals surface area contributed by atoms with E-state index in [4.69, 9.17) is 10.5 Å². The molecule has 0 amide bonds. The second-order valence-electron chi connectivity index (χ2n) is 3.77. The molecule has 2 aromatic rings. The van der Waals surface area contributed by atoms with Gasteiger partial charge in [-0.25, -0.2) is 9.97 Å². The van der Waals surface area contributed by atoms with Crippen molar-refractivity contribution in [3.63, 3.8) is 0 Å². The fourth-order valence-electron chi connectivity index (χ4n) is 1.75. The molecule has 0 spiro atoms. The second-order valence-corrected chi connectivity index (χ2v) is 3.77. The molecule has 0 saturated heterocycles. The number of hydrogen-bond acceptors (Lipinski definition) is 5. The predicted octanol–water partition coefficient (Wildman–Crippen LogP) is 0.982. The first-order valence-electron chi connectivity index (χ1n) is 5.49. The molecule has 0 radical (unpaired) electrons. The highest BCUT2D eigenvalue weighted by molar-refractivity contribution is 5.83. The monoisotopic (exact) mass is 232 g/mol. The molecule has 0 aliphatic carbocycles. The lowest BCUT2D eigenvalue weighted by Crippen LogP contribution is -2.12. The molecule has 90 valence electrons. The summed E-state index contributed by atoms with van der Waals surface area (Å²) in [6.07, 6.45) is 0.812. The lowest BCUT2D eigenvalue weighted by Gasteiger charge is -2.08. The van der Waals surface area contributed by atoms with Crippen molar-refractivity contribution in [2.45, 2.75) is 6.42 Å². The SMILES string of the molecule is CNCCc1nc(N)nc2ccc(OC)cc12. The van der Waals surface area contributed by atoms with Crippen LogP contribution in [0.1, 0.15) is 5.69 Å². The summed E-state index contributed by atoms with van der Waals surface area (Å²) in [5.41, 5.74) is 7.49. The van der Waals surface area contributed by atoms with Crippen LogP contribution in [0.3, 0.4) is 0 Å². The Labute approximate surface area is 100 Å². The maximum absolute atomic E-state index is 5.69. The van der Waals surface area contributed by atoms with Gasteiger partial charge < -0.3 is 15.8 Å². The van der Waals surface area contributed by atoms with Crippen LogP contribution in [0.4, 0.5) is 5.95 Å². The van der Waals surface area contributed by atoms with Crippen LogP contribution < -0.4 is 15.8 Å². The Morgan fingerprint density at radius 2 is 2.18 bits per heavy atom. The highest BCUT2D eigenvalue weighted by Crippen LogP contribution is 2.22. The summed E-state index contributed by atoms with van der Waals surface area (Å²) in [5.74, 6) is 1.12. The Morgan fingerprint density at radius 1 is 1.35 bits per heavy atom. The first-order chi connectivity index (χ1) is 8.24. The van der Waals surface area contributed by atoms with Gasteiger partial charge in [-0.05, 0) is 25.2 Å². The van der Waals surface area contributed by atoms with Crippen LogP contribution in [0.15, 0.2) is 18.2 Å². The molecule has 5 nitrogen and oxygen atoms in total. The van der Waals surface area contributed by atoms with Crippen LogP contribution in [0.2, 0.25) is 0 Å². The molecule has 3 N–H and O–H groups in total. The van der Waals surface area contributed by atoms with Crippen molar-refractivity contribution in [2.75, 3.05) is 26.4 Å². The Morgan fingerprint density at radius 3 is 2.88 bits per heavy atom. The van der Waals surface area contributed by atoms with E-state index in [1.165, 1.54) is 0 Å². The largest absolute Gasteiger partial charge is 0.497 e. The Hall–Kier alpha value is -1.88. The van der Waals surface area contributed by atoms with Crippen LogP contribution in [0, 0.1) is 0 Å². The van der Waals surface area contributed by atoms with Gasteiger partial charge in [0.05, 0.1) is 18.3 Å². The average Bonchev–Trinajstić information content (AvgIpc) is 2.35. The number of likely N-dealkylation sites (N-methyl/N-ethyl adjacent to an activating group) is 1. The van der Waals surface area contributed by atoms with Gasteiger partial charge in [-0.2, -0.15) is 0 Å². The van der Waals surface area contributed by atoms with Crippen LogP contribution in [0.5, 0.6) is 5.75 Å². The third-order valence-corrected chi connectivity index (χ3v) is 2.61. The third-order valence-electron chi connectivity index (χ3n) is 2.61. The number of benzene rings is 1. The number of nitrogens with zero attached hydrogens (tertiary/aromatic N) is 2. The molecule has 0 fully saturated rings. The Kier molecular flexibility index (Phi) is 3.39. The molecule has 1 heterocycles. The van der Waals surface area contributed by atoms with E-state index in [1.54, 1.807) is 7.11 Å². The summed E-state index contributed by atoms with van der Waals surface area (Å²) in [5, 5.41) is 4.09. The molecule has 0 aliphatic rings. The van der Waals surface area contributed by atoms with E-state index in [0.717, 1.165) is 35.3 Å². The quantitative estimate of drug-likeness (QED) is 0.822. The number of ether oxygens (including phenoxy) is 1. The lowest BCUT2D eigenvalue weighted by molar-refractivity contribution is 0.415. The number of nitrogens with one attached hydrogen (secondary N) is 1. The van der Waals surface area contributed by atoms with Gasteiger partial charge in [0, 0.05) is 18.4 Å². The van der Waals surface area contributed by atoms with E-state index < -0.39 is 0 Å². The summed E-state index contributed by atoms with van der Waals surface area (Å²) >= 11 is 0. The number of rotatable bonds is 4. The number of fused-ring (bicyclic) bond motifs is 1. The molecule has 1 aromatic heterocycles. The van der Waals surface area contributed by atoms with Crippen LogP contribution >= 0.6 is 0 Å². The molecule has 0 saturated carbocycles. The summed E-state index contributed by atoms with van der Waals surface area (Å²) < 4.78 is 5.21. The number of anilines is 1. The van der Waals surface area contributed by atoms with E-state index in [2.05, 4.69) is 15.3 Å². The highest BCUT2D eigenvalue weighted by Gasteiger charge is 2.07. The van der Waals surface area contributed by atoms with Crippen molar-refractivity contribution in [3.8, 4) is 5.75 Å². The van der Waals surface area contributed by atoms with Gasteiger partial charge in [0.2, 0.25) is 5.95 Å². The smallest absolute Gasteiger partial charge is 0.220 e. The van der Waals surface area contributed by atoms with Crippen LogP contribution in [-0.2, 0) is 6.42 Å². The number of aromatic nitrogens is 2. The van der Waals surface area contributed by atoms with Gasteiger partial charge in [-0.15, -0.1) is 0 Å². The summed E-state index contributed by atoms with van der Waals surface area (Å²) in [4.78, 5) is 8.50. The molecular formula is C12H16N4O. The van der Waals surface area contributed by atoms with Gasteiger partial charge >= 0.3 is 0 Å². The van der Waals surface area contributed by atoms with Crippen molar-refractivity contribution in [2.24, 2.45) is 0 Å². The van der Waals surface area contributed by atoms with Gasteiger partial charge in [0.25, 0.3) is 0 Å². The molecule has 1 aromatic carbocycles. The van der Waals surface area contributed by atoms with Crippen LogP contribution in [0.25, 0.3) is 10.9 Å². The van der Waals surface area contributed by atoms with Crippen LogP contribution in [-0.4, -0.2) is 30.7 Å². The molecule has 0 bridgehead atoms. The van der Waals surface area contributed by atoms with Crippen molar-refractivity contribution in [3.05, 3.63) is 23.9 Å².